The molecule has 0 aliphatic rings. The Kier molecular flexibility index (Phi) is 3.86. The molecule has 8 heteroatoms. The molecule has 1 N–H and O–H groups in total. The standard InChI is InChI=1S/C13H7F3N2O2S/c14-10-4-5-11(13(16)12(10)15)18-21(19,20)9-3-1-2-8(6-9)7-17/h1-6,18H. The fourth-order valence-electron chi connectivity index (χ4n) is 1.54. The number of hydrogen-bond donors (Lipinski definition) is 1. The van der Waals surface area contributed by atoms with Crippen LogP contribution < -0.4 is 4.72 Å². The number of hydrogen-bond acceptors (Lipinski definition) is 3. The first-order valence-electron chi connectivity index (χ1n) is 5.51. The van der Waals surface area contributed by atoms with Gasteiger partial charge in [0.15, 0.2) is 17.5 Å². The van der Waals surface area contributed by atoms with E-state index >= 15 is 0 Å². The SMILES string of the molecule is N#Cc1cccc(S(=O)(=O)Nc2ccc(F)c(F)c2F)c1. The molecule has 0 spiro atoms. The summed E-state index contributed by atoms with van der Waals surface area (Å²) >= 11 is 0. The molecule has 2 aromatic carbocycles. The van der Waals surface area contributed by atoms with E-state index < -0.39 is 33.2 Å². The van der Waals surface area contributed by atoms with Crippen LogP contribution in [0.15, 0.2) is 41.3 Å². The van der Waals surface area contributed by atoms with Crippen molar-refractivity contribution in [3.8, 4) is 6.07 Å². The van der Waals surface area contributed by atoms with Crippen molar-refractivity contribution in [3.05, 3.63) is 59.4 Å². The van der Waals surface area contributed by atoms with Gasteiger partial charge in [0, 0.05) is 0 Å². The van der Waals surface area contributed by atoms with E-state index in [9.17, 15) is 21.6 Å². The van der Waals surface area contributed by atoms with Crippen LogP contribution in [0.1, 0.15) is 5.56 Å². The highest BCUT2D eigenvalue weighted by atomic mass is 32.2. The molecule has 0 aliphatic heterocycles. The number of benzene rings is 2. The summed E-state index contributed by atoms with van der Waals surface area (Å²) in [6.07, 6.45) is 0. The number of halogens is 3. The van der Waals surface area contributed by atoms with Gasteiger partial charge in [0.25, 0.3) is 10.0 Å². The zero-order chi connectivity index (χ0) is 15.6. The zero-order valence-corrected chi connectivity index (χ0v) is 11.1. The van der Waals surface area contributed by atoms with Crippen molar-refractivity contribution < 1.29 is 21.6 Å². The van der Waals surface area contributed by atoms with Gasteiger partial charge in [0.1, 0.15) is 0 Å². The lowest BCUT2D eigenvalue weighted by atomic mass is 10.2. The van der Waals surface area contributed by atoms with Gasteiger partial charge in [-0.1, -0.05) is 6.07 Å². The van der Waals surface area contributed by atoms with E-state index in [0.29, 0.717) is 6.07 Å². The number of rotatable bonds is 3. The zero-order valence-electron chi connectivity index (χ0n) is 10.3. The van der Waals surface area contributed by atoms with Gasteiger partial charge < -0.3 is 0 Å². The van der Waals surface area contributed by atoms with Gasteiger partial charge in [-0.15, -0.1) is 0 Å². The molecule has 0 saturated carbocycles. The van der Waals surface area contributed by atoms with Crippen LogP contribution in [0.2, 0.25) is 0 Å². The van der Waals surface area contributed by atoms with Crippen molar-refractivity contribution >= 4 is 15.7 Å². The van der Waals surface area contributed by atoms with Crippen LogP contribution in [0.4, 0.5) is 18.9 Å². The molecule has 0 fully saturated rings. The summed E-state index contributed by atoms with van der Waals surface area (Å²) in [6, 6.07) is 8.08. The number of nitrogens with one attached hydrogen (secondary N) is 1. The lowest BCUT2D eigenvalue weighted by Gasteiger charge is -2.09. The van der Waals surface area contributed by atoms with Crippen LogP contribution in [0, 0.1) is 28.8 Å². The lowest BCUT2D eigenvalue weighted by molar-refractivity contribution is 0.449. The molecule has 0 unspecified atom stereocenters. The van der Waals surface area contributed by atoms with Gasteiger partial charge in [-0.05, 0) is 30.3 Å². The van der Waals surface area contributed by atoms with Crippen molar-refractivity contribution in [2.75, 3.05) is 4.72 Å². The Morgan fingerprint density at radius 2 is 1.76 bits per heavy atom. The van der Waals surface area contributed by atoms with E-state index in [2.05, 4.69) is 0 Å². The molecule has 0 aromatic heterocycles. The molecular weight excluding hydrogens is 305 g/mol. The highest BCUT2D eigenvalue weighted by Gasteiger charge is 2.20. The molecule has 0 saturated heterocycles. The van der Waals surface area contributed by atoms with E-state index in [0.717, 1.165) is 12.1 Å². The molecular formula is C13H7F3N2O2S. The maximum Gasteiger partial charge on any atom is 0.262 e. The summed E-state index contributed by atoms with van der Waals surface area (Å²) in [5, 5.41) is 8.71. The quantitative estimate of drug-likeness (QED) is 0.886. The van der Waals surface area contributed by atoms with Gasteiger partial charge in [-0.3, -0.25) is 4.72 Å². The Hall–Kier alpha value is -2.53. The lowest BCUT2D eigenvalue weighted by Crippen LogP contribution is -2.15. The molecule has 0 amide bonds. The van der Waals surface area contributed by atoms with Crippen LogP contribution in [0.3, 0.4) is 0 Å². The van der Waals surface area contributed by atoms with Crippen molar-refractivity contribution in [1.82, 2.24) is 0 Å². The number of sulfonamides is 1. The second-order valence-corrected chi connectivity index (χ2v) is 5.65. The van der Waals surface area contributed by atoms with E-state index in [1.54, 1.807) is 10.8 Å². The highest BCUT2D eigenvalue weighted by Crippen LogP contribution is 2.23. The summed E-state index contributed by atoms with van der Waals surface area (Å²) in [7, 11) is -4.23. The second-order valence-electron chi connectivity index (χ2n) is 3.97. The van der Waals surface area contributed by atoms with Crippen LogP contribution in [0.5, 0.6) is 0 Å². The molecule has 4 nitrogen and oxygen atoms in total. The molecule has 2 aromatic rings. The normalized spacial score (nSPS) is 11.0. The summed E-state index contributed by atoms with van der Waals surface area (Å²) in [4.78, 5) is -0.300. The van der Waals surface area contributed by atoms with Crippen molar-refractivity contribution in [2.24, 2.45) is 0 Å². The minimum atomic E-state index is -4.23. The molecule has 0 heterocycles. The van der Waals surface area contributed by atoms with Gasteiger partial charge in [0.05, 0.1) is 22.2 Å². The number of nitrogens with zero attached hydrogens (tertiary/aromatic N) is 1. The van der Waals surface area contributed by atoms with E-state index in [1.165, 1.54) is 18.2 Å². The predicted molar refractivity (Wildman–Crippen MR) is 68.3 cm³/mol. The third-order valence-electron chi connectivity index (χ3n) is 2.55. The third-order valence-corrected chi connectivity index (χ3v) is 3.92. The second kappa shape index (κ2) is 5.46. The molecule has 0 atom stereocenters. The molecule has 21 heavy (non-hydrogen) atoms. The Balaban J connectivity index is 2.43. The van der Waals surface area contributed by atoms with Gasteiger partial charge in [0.2, 0.25) is 0 Å². The minimum Gasteiger partial charge on any atom is -0.277 e. The summed E-state index contributed by atoms with van der Waals surface area (Å²) in [6.45, 7) is 0. The molecule has 0 radical (unpaired) electrons. The van der Waals surface area contributed by atoms with Crippen LogP contribution in [-0.4, -0.2) is 8.42 Å². The highest BCUT2D eigenvalue weighted by molar-refractivity contribution is 7.92. The van der Waals surface area contributed by atoms with Crippen molar-refractivity contribution in [1.29, 1.82) is 5.26 Å². The predicted octanol–water partition coefficient (Wildman–Crippen LogP) is 2.78. The maximum absolute atomic E-state index is 13.5. The Labute approximate surface area is 118 Å². The summed E-state index contributed by atoms with van der Waals surface area (Å²) in [5.74, 6) is -4.85. The van der Waals surface area contributed by atoms with Crippen LogP contribution in [0.25, 0.3) is 0 Å². The minimum absolute atomic E-state index is 0.0867. The van der Waals surface area contributed by atoms with Gasteiger partial charge in [-0.25, -0.2) is 21.6 Å². The topological polar surface area (TPSA) is 70.0 Å². The van der Waals surface area contributed by atoms with Gasteiger partial charge >= 0.3 is 0 Å². The third kappa shape index (κ3) is 2.98. The Morgan fingerprint density at radius 3 is 2.43 bits per heavy atom. The van der Waals surface area contributed by atoms with Crippen molar-refractivity contribution in [2.45, 2.75) is 4.90 Å². The number of anilines is 1. The van der Waals surface area contributed by atoms with Crippen LogP contribution >= 0.6 is 0 Å². The Bertz CT molecular complexity index is 845. The summed E-state index contributed by atoms with van der Waals surface area (Å²) in [5.41, 5.74) is -0.639. The monoisotopic (exact) mass is 312 g/mol. The number of nitriles is 1. The fraction of sp³-hybridized carbons (Fsp3) is 0. The van der Waals surface area contributed by atoms with E-state index in [-0.39, 0.29) is 10.5 Å². The average Bonchev–Trinajstić information content (AvgIpc) is 2.48. The van der Waals surface area contributed by atoms with Crippen molar-refractivity contribution in [3.63, 3.8) is 0 Å². The first-order valence-corrected chi connectivity index (χ1v) is 7.00. The maximum atomic E-state index is 13.5. The molecule has 108 valence electrons. The largest absolute Gasteiger partial charge is 0.277 e. The molecule has 2 rings (SSSR count). The van der Waals surface area contributed by atoms with Crippen LogP contribution in [-0.2, 0) is 10.0 Å². The molecule has 0 bridgehead atoms. The smallest absolute Gasteiger partial charge is 0.262 e. The first-order chi connectivity index (χ1) is 9.85. The Morgan fingerprint density at radius 1 is 1.05 bits per heavy atom. The van der Waals surface area contributed by atoms with E-state index in [1.807, 2.05) is 0 Å². The molecule has 0 aliphatic carbocycles. The average molecular weight is 312 g/mol. The summed E-state index contributed by atoms with van der Waals surface area (Å²) < 4.78 is 65.1. The first kappa shape index (κ1) is 14.9. The van der Waals surface area contributed by atoms with Gasteiger partial charge in [-0.2, -0.15) is 5.26 Å². The fourth-order valence-corrected chi connectivity index (χ4v) is 2.65. The van der Waals surface area contributed by atoms with E-state index in [4.69, 9.17) is 5.26 Å².